The zero-order valence-corrected chi connectivity index (χ0v) is 28.2. The summed E-state index contributed by atoms with van der Waals surface area (Å²) in [7, 11) is 0. The molecule has 1 spiro atoms. The van der Waals surface area contributed by atoms with Gasteiger partial charge in [0.15, 0.2) is 0 Å². The Hall–Kier alpha value is -3.46. The number of nitrogens with zero attached hydrogens (tertiary/aromatic N) is 3. The van der Waals surface area contributed by atoms with Crippen LogP contribution in [0.5, 0.6) is 0 Å². The average Bonchev–Trinajstić information content (AvgIpc) is 3.54. The topological polar surface area (TPSA) is 90.4 Å². The molecule has 7 atom stereocenters. The van der Waals surface area contributed by atoms with Crippen molar-refractivity contribution in [1.82, 2.24) is 4.90 Å². The Bertz CT molecular complexity index is 1490. The largest absolute Gasteiger partial charge is 0.394 e. The highest BCUT2D eigenvalue weighted by Crippen LogP contribution is 2.66. The Kier molecular flexibility index (Phi) is 9.56. The van der Waals surface area contributed by atoms with Crippen LogP contribution in [0, 0.1) is 30.6 Å². The fraction of sp³-hybridized carbons (Fsp3) is 0.486. The SMILES string of the molecule is C=CCN(C(=O)[C@H]1[C@H]2C(=O)N([C@@H](CO)CC(C)C)C(C(=O)N(CC=C)c3c(C)cccc3Cl)C23CC(C)[C@]1(C)O3)c1ccccc1. The highest BCUT2D eigenvalue weighted by molar-refractivity contribution is 6.34. The lowest BCUT2D eigenvalue weighted by atomic mass is 9.62. The van der Waals surface area contributed by atoms with Crippen LogP contribution in [0.25, 0.3) is 0 Å². The molecule has 5 rings (SSSR count). The van der Waals surface area contributed by atoms with Crippen LogP contribution < -0.4 is 9.80 Å². The third kappa shape index (κ3) is 5.28. The molecule has 0 aromatic heterocycles. The quantitative estimate of drug-likeness (QED) is 0.294. The molecular formula is C37H46ClN3O5. The van der Waals surface area contributed by atoms with E-state index in [4.69, 9.17) is 16.3 Å². The number of para-hydroxylation sites is 2. The molecule has 9 heteroatoms. The number of anilines is 2. The number of hydrogen-bond donors (Lipinski definition) is 1. The van der Waals surface area contributed by atoms with Crippen molar-refractivity contribution in [3.63, 3.8) is 0 Å². The number of aliphatic hydroxyl groups excluding tert-OH is 1. The van der Waals surface area contributed by atoms with Gasteiger partial charge in [0.1, 0.15) is 11.6 Å². The minimum Gasteiger partial charge on any atom is -0.394 e. The van der Waals surface area contributed by atoms with Crippen LogP contribution >= 0.6 is 11.6 Å². The van der Waals surface area contributed by atoms with Gasteiger partial charge in [-0.25, -0.2) is 0 Å². The highest BCUT2D eigenvalue weighted by atomic mass is 35.5. The number of halogens is 1. The summed E-state index contributed by atoms with van der Waals surface area (Å²) in [4.78, 5) is 49.6. The van der Waals surface area contributed by atoms with Crippen LogP contribution in [0.4, 0.5) is 11.4 Å². The van der Waals surface area contributed by atoms with E-state index in [1.807, 2.05) is 77.1 Å². The number of carbonyl (C=O) groups is 3. The molecule has 3 aliphatic rings. The molecule has 2 bridgehead atoms. The van der Waals surface area contributed by atoms with E-state index in [0.717, 1.165) is 5.56 Å². The van der Waals surface area contributed by atoms with Gasteiger partial charge in [0, 0.05) is 18.8 Å². The van der Waals surface area contributed by atoms with Crippen molar-refractivity contribution in [2.75, 3.05) is 29.5 Å². The fourth-order valence-corrected chi connectivity index (χ4v) is 8.63. The summed E-state index contributed by atoms with van der Waals surface area (Å²) in [6, 6.07) is 13.0. The molecular weight excluding hydrogens is 602 g/mol. The molecule has 3 saturated heterocycles. The molecule has 3 amide bonds. The van der Waals surface area contributed by atoms with Gasteiger partial charge < -0.3 is 24.5 Å². The van der Waals surface area contributed by atoms with Crippen LogP contribution in [0.15, 0.2) is 73.8 Å². The molecule has 3 fully saturated rings. The summed E-state index contributed by atoms with van der Waals surface area (Å²) >= 11 is 6.72. The van der Waals surface area contributed by atoms with Gasteiger partial charge in [-0.1, -0.05) is 74.9 Å². The molecule has 46 heavy (non-hydrogen) atoms. The molecule has 2 aromatic carbocycles. The summed E-state index contributed by atoms with van der Waals surface area (Å²) < 4.78 is 7.02. The first-order chi connectivity index (χ1) is 21.9. The zero-order valence-electron chi connectivity index (χ0n) is 27.5. The molecule has 0 radical (unpaired) electrons. The number of ether oxygens (including phenoxy) is 1. The van der Waals surface area contributed by atoms with Crippen LogP contribution in [0.1, 0.15) is 46.1 Å². The number of fused-ring (bicyclic) bond motifs is 1. The molecule has 1 N–H and O–H groups in total. The predicted molar refractivity (Wildman–Crippen MR) is 182 cm³/mol. The molecule has 0 aliphatic carbocycles. The number of carbonyl (C=O) groups excluding carboxylic acids is 3. The lowest BCUT2D eigenvalue weighted by Crippen LogP contribution is -2.59. The van der Waals surface area contributed by atoms with E-state index in [-0.39, 0.29) is 49.3 Å². The maximum atomic E-state index is 15.1. The summed E-state index contributed by atoms with van der Waals surface area (Å²) in [6.45, 7) is 17.7. The van der Waals surface area contributed by atoms with Crippen LogP contribution in [-0.2, 0) is 19.1 Å². The van der Waals surface area contributed by atoms with Gasteiger partial charge in [-0.05, 0) is 62.3 Å². The van der Waals surface area contributed by atoms with E-state index in [1.165, 1.54) is 0 Å². The first-order valence-electron chi connectivity index (χ1n) is 16.2. The first-order valence-corrected chi connectivity index (χ1v) is 16.5. The summed E-state index contributed by atoms with van der Waals surface area (Å²) in [5.74, 6) is -2.76. The normalized spacial score (nSPS) is 28.7. The maximum Gasteiger partial charge on any atom is 0.253 e. The standard InChI is InChI=1S/C37H46ClN3O5/c1-8-18-39(26-15-11-10-12-16-26)33(43)29-30-34(44)41(27(22-42)20-23(3)4)32(37(30)21-25(6)36(29,7)46-37)35(45)40(19-9-2)31-24(5)14-13-17-28(31)38/h8-17,23,25,27,29-30,32,42H,1-2,18-22H2,3-7H3/t25?,27-,29-,30+,32?,36+,37?/m1/s1. The van der Waals surface area contributed by atoms with Crippen molar-refractivity contribution in [1.29, 1.82) is 0 Å². The Morgan fingerprint density at radius 1 is 1.09 bits per heavy atom. The number of rotatable bonds is 12. The Balaban J connectivity index is 1.69. The second kappa shape index (κ2) is 13.0. The molecule has 2 aromatic rings. The molecule has 3 aliphatic heterocycles. The van der Waals surface area contributed by atoms with Crippen LogP contribution in [-0.4, -0.2) is 70.7 Å². The van der Waals surface area contributed by atoms with Crippen LogP contribution in [0.2, 0.25) is 5.02 Å². The van der Waals surface area contributed by atoms with E-state index in [2.05, 4.69) is 13.2 Å². The minimum absolute atomic E-state index is 0.126. The number of aliphatic hydroxyl groups is 1. The van der Waals surface area contributed by atoms with Gasteiger partial charge >= 0.3 is 0 Å². The fourth-order valence-electron chi connectivity index (χ4n) is 8.31. The second-order valence-corrected chi connectivity index (χ2v) is 14.0. The number of aryl methyl sites for hydroxylation is 1. The van der Waals surface area contributed by atoms with Gasteiger partial charge in [-0.3, -0.25) is 14.4 Å². The summed E-state index contributed by atoms with van der Waals surface area (Å²) in [6.07, 6.45) is 4.18. The smallest absolute Gasteiger partial charge is 0.253 e. The molecule has 0 saturated carbocycles. The number of hydrogen-bond acceptors (Lipinski definition) is 5. The van der Waals surface area contributed by atoms with Gasteiger partial charge in [0.2, 0.25) is 11.8 Å². The minimum atomic E-state index is -1.29. The molecule has 246 valence electrons. The first kappa shape index (κ1) is 33.9. The van der Waals surface area contributed by atoms with Crippen molar-refractivity contribution in [3.8, 4) is 0 Å². The Morgan fingerprint density at radius 2 is 1.74 bits per heavy atom. The number of likely N-dealkylation sites (tertiary alicyclic amines) is 1. The highest BCUT2D eigenvalue weighted by Gasteiger charge is 2.80. The monoisotopic (exact) mass is 647 g/mol. The number of amides is 3. The van der Waals surface area contributed by atoms with E-state index in [0.29, 0.717) is 29.2 Å². The molecule has 8 nitrogen and oxygen atoms in total. The maximum absolute atomic E-state index is 15.1. The van der Waals surface area contributed by atoms with Gasteiger partial charge in [0.25, 0.3) is 5.91 Å². The van der Waals surface area contributed by atoms with E-state index in [9.17, 15) is 14.7 Å². The zero-order chi connectivity index (χ0) is 33.6. The number of benzene rings is 2. The lowest BCUT2D eigenvalue weighted by Gasteiger charge is -2.40. The third-order valence-electron chi connectivity index (χ3n) is 10.3. The van der Waals surface area contributed by atoms with Crippen molar-refractivity contribution < 1.29 is 24.2 Å². The van der Waals surface area contributed by atoms with Crippen molar-refractivity contribution in [2.24, 2.45) is 23.7 Å². The van der Waals surface area contributed by atoms with Crippen molar-refractivity contribution >= 4 is 40.7 Å². The summed E-state index contributed by atoms with van der Waals surface area (Å²) in [5.41, 5.74) is -0.285. The molecule has 3 unspecified atom stereocenters. The predicted octanol–water partition coefficient (Wildman–Crippen LogP) is 5.80. The van der Waals surface area contributed by atoms with Gasteiger partial charge in [-0.15, -0.1) is 13.2 Å². The Labute approximate surface area is 277 Å². The third-order valence-corrected chi connectivity index (χ3v) is 10.6. The van der Waals surface area contributed by atoms with Crippen molar-refractivity contribution in [3.05, 3.63) is 84.4 Å². The van der Waals surface area contributed by atoms with E-state index in [1.54, 1.807) is 32.9 Å². The van der Waals surface area contributed by atoms with Gasteiger partial charge in [0.05, 0.1) is 40.8 Å². The van der Waals surface area contributed by atoms with Crippen molar-refractivity contribution in [2.45, 2.75) is 70.7 Å². The molecule has 3 heterocycles. The second-order valence-electron chi connectivity index (χ2n) is 13.6. The lowest BCUT2D eigenvalue weighted by molar-refractivity contribution is -0.149. The van der Waals surface area contributed by atoms with Gasteiger partial charge in [-0.2, -0.15) is 0 Å². The van der Waals surface area contributed by atoms with E-state index >= 15 is 4.79 Å². The van der Waals surface area contributed by atoms with Crippen LogP contribution in [0.3, 0.4) is 0 Å². The van der Waals surface area contributed by atoms with E-state index < -0.39 is 35.1 Å². The Morgan fingerprint density at radius 3 is 2.33 bits per heavy atom. The average molecular weight is 648 g/mol. The summed E-state index contributed by atoms with van der Waals surface area (Å²) in [5, 5.41) is 11.1.